The Morgan fingerprint density at radius 2 is 2.12 bits per heavy atom. The normalized spacial score (nSPS) is 15.4. The van der Waals surface area contributed by atoms with E-state index in [9.17, 15) is 0 Å². The Hall–Kier alpha value is -1.78. The highest BCUT2D eigenvalue weighted by atomic mass is 15.1. The molecule has 0 fully saturated rings. The molecule has 1 aliphatic rings. The van der Waals surface area contributed by atoms with Gasteiger partial charge in [0.15, 0.2) is 0 Å². The summed E-state index contributed by atoms with van der Waals surface area (Å²) in [6.45, 7) is 0.863. The molecule has 92 valence electrons. The Morgan fingerprint density at radius 1 is 1.24 bits per heavy atom. The van der Waals surface area contributed by atoms with Gasteiger partial charge in [0.2, 0.25) is 5.95 Å². The zero-order valence-corrected chi connectivity index (χ0v) is 9.95. The molecule has 2 rings (SSSR count). The molecule has 0 saturated carbocycles. The number of nitrogen functional groups attached to an aromatic ring is 2. The van der Waals surface area contributed by atoms with Crippen molar-refractivity contribution in [1.82, 2.24) is 9.97 Å². The van der Waals surface area contributed by atoms with E-state index in [1.54, 1.807) is 11.6 Å². The number of nitrogens with two attached hydrogens (primary N) is 2. The first-order valence-corrected chi connectivity index (χ1v) is 6.06. The quantitative estimate of drug-likeness (QED) is 0.691. The highest BCUT2D eigenvalue weighted by Gasteiger charge is 2.04. The van der Waals surface area contributed by atoms with Crippen molar-refractivity contribution in [3.63, 3.8) is 0 Å². The highest BCUT2D eigenvalue weighted by molar-refractivity contribution is 5.48. The van der Waals surface area contributed by atoms with Crippen molar-refractivity contribution in [2.75, 3.05) is 23.3 Å². The third kappa shape index (κ3) is 3.62. The number of nitrogens with zero attached hydrogens (tertiary/aromatic N) is 2. The molecule has 5 heteroatoms. The molecule has 5 nitrogen and oxygen atoms in total. The lowest BCUT2D eigenvalue weighted by atomic mass is 9.97. The predicted molar refractivity (Wildman–Crippen MR) is 70.5 cm³/mol. The number of anilines is 3. The van der Waals surface area contributed by atoms with Gasteiger partial charge >= 0.3 is 0 Å². The summed E-state index contributed by atoms with van der Waals surface area (Å²) in [5.74, 6) is 1.31. The van der Waals surface area contributed by atoms with Crippen LogP contribution in [-0.4, -0.2) is 16.5 Å². The zero-order chi connectivity index (χ0) is 12.1. The van der Waals surface area contributed by atoms with Gasteiger partial charge in [-0.25, -0.2) is 0 Å². The second-order valence-electron chi connectivity index (χ2n) is 4.32. The summed E-state index contributed by atoms with van der Waals surface area (Å²) in [6, 6.07) is 1.70. The molecule has 1 aliphatic carbocycles. The number of rotatable bonds is 4. The average Bonchev–Trinajstić information content (AvgIpc) is 2.29. The third-order valence-corrected chi connectivity index (χ3v) is 2.90. The first-order valence-electron chi connectivity index (χ1n) is 6.06. The first kappa shape index (κ1) is 11.7. The van der Waals surface area contributed by atoms with Crippen molar-refractivity contribution in [2.24, 2.45) is 0 Å². The molecular weight excluding hydrogens is 214 g/mol. The van der Waals surface area contributed by atoms with Crippen LogP contribution in [0.3, 0.4) is 0 Å². The maximum atomic E-state index is 5.59. The summed E-state index contributed by atoms with van der Waals surface area (Å²) >= 11 is 0. The van der Waals surface area contributed by atoms with Gasteiger partial charge < -0.3 is 16.8 Å². The summed E-state index contributed by atoms with van der Waals surface area (Å²) < 4.78 is 0. The lowest BCUT2D eigenvalue weighted by molar-refractivity contribution is 0.679. The average molecular weight is 233 g/mol. The lowest BCUT2D eigenvalue weighted by Gasteiger charge is -2.13. The first-order chi connectivity index (χ1) is 8.24. The van der Waals surface area contributed by atoms with Crippen LogP contribution in [0.25, 0.3) is 0 Å². The van der Waals surface area contributed by atoms with E-state index in [1.807, 2.05) is 0 Å². The number of nitrogens with one attached hydrogen (secondary N) is 1. The summed E-state index contributed by atoms with van der Waals surface area (Å²) in [4.78, 5) is 7.90. The molecule has 0 aromatic carbocycles. The maximum absolute atomic E-state index is 5.59. The Labute approximate surface area is 101 Å². The van der Waals surface area contributed by atoms with E-state index in [0.29, 0.717) is 11.6 Å². The standard InChI is InChI=1S/C12H19N5/c13-10-8-11(17-12(14)16-10)15-7-6-9-4-2-1-3-5-9/h4,8H,1-3,5-7H2,(H5,13,14,15,16,17). The second-order valence-corrected chi connectivity index (χ2v) is 4.32. The predicted octanol–water partition coefficient (Wildman–Crippen LogP) is 1.94. The van der Waals surface area contributed by atoms with Crippen LogP contribution in [0.2, 0.25) is 0 Å². The minimum Gasteiger partial charge on any atom is -0.383 e. The molecular formula is C12H19N5. The van der Waals surface area contributed by atoms with E-state index in [2.05, 4.69) is 21.4 Å². The molecule has 5 N–H and O–H groups in total. The fraction of sp³-hybridized carbons (Fsp3) is 0.500. The number of allylic oxidation sites excluding steroid dienone is 1. The van der Waals surface area contributed by atoms with Crippen LogP contribution in [0.5, 0.6) is 0 Å². The fourth-order valence-electron chi connectivity index (χ4n) is 2.06. The van der Waals surface area contributed by atoms with E-state index in [1.165, 1.54) is 25.7 Å². The van der Waals surface area contributed by atoms with Gasteiger partial charge in [-0.1, -0.05) is 11.6 Å². The SMILES string of the molecule is Nc1cc(NCCC2=CCCCC2)nc(N)n1. The maximum Gasteiger partial charge on any atom is 0.223 e. The summed E-state index contributed by atoms with van der Waals surface area (Å²) in [7, 11) is 0. The minimum atomic E-state index is 0.212. The van der Waals surface area contributed by atoms with E-state index < -0.39 is 0 Å². The largest absolute Gasteiger partial charge is 0.383 e. The minimum absolute atomic E-state index is 0.212. The smallest absolute Gasteiger partial charge is 0.223 e. The van der Waals surface area contributed by atoms with Crippen molar-refractivity contribution in [3.05, 3.63) is 17.7 Å². The van der Waals surface area contributed by atoms with Gasteiger partial charge in [0, 0.05) is 12.6 Å². The van der Waals surface area contributed by atoms with Crippen LogP contribution in [0.1, 0.15) is 32.1 Å². The van der Waals surface area contributed by atoms with E-state index in [4.69, 9.17) is 11.5 Å². The highest BCUT2D eigenvalue weighted by Crippen LogP contribution is 2.20. The fourth-order valence-corrected chi connectivity index (χ4v) is 2.06. The topological polar surface area (TPSA) is 89.8 Å². The monoisotopic (exact) mass is 233 g/mol. The van der Waals surface area contributed by atoms with Crippen molar-refractivity contribution in [3.8, 4) is 0 Å². The van der Waals surface area contributed by atoms with Gasteiger partial charge in [-0.15, -0.1) is 0 Å². The molecule has 0 unspecified atom stereocenters. The number of hydrogen-bond acceptors (Lipinski definition) is 5. The van der Waals surface area contributed by atoms with Crippen LogP contribution in [0.4, 0.5) is 17.6 Å². The van der Waals surface area contributed by atoms with Gasteiger partial charge in [-0.3, -0.25) is 0 Å². The molecule has 0 amide bonds. The van der Waals surface area contributed by atoms with Crippen molar-refractivity contribution in [1.29, 1.82) is 0 Å². The second kappa shape index (κ2) is 5.52. The van der Waals surface area contributed by atoms with E-state index in [0.717, 1.165) is 13.0 Å². The summed E-state index contributed by atoms with van der Waals surface area (Å²) in [5, 5.41) is 3.22. The summed E-state index contributed by atoms with van der Waals surface area (Å²) in [6.07, 6.45) is 8.52. The lowest BCUT2D eigenvalue weighted by Crippen LogP contribution is -2.08. The molecule has 1 aromatic rings. The van der Waals surface area contributed by atoms with Crippen molar-refractivity contribution in [2.45, 2.75) is 32.1 Å². The van der Waals surface area contributed by atoms with Gasteiger partial charge in [-0.05, 0) is 32.1 Å². The molecule has 0 atom stereocenters. The van der Waals surface area contributed by atoms with Crippen molar-refractivity contribution < 1.29 is 0 Å². The van der Waals surface area contributed by atoms with E-state index >= 15 is 0 Å². The Morgan fingerprint density at radius 3 is 2.82 bits per heavy atom. The third-order valence-electron chi connectivity index (χ3n) is 2.90. The van der Waals surface area contributed by atoms with Crippen LogP contribution in [0.15, 0.2) is 17.7 Å². The molecule has 17 heavy (non-hydrogen) atoms. The Bertz CT molecular complexity index is 393. The van der Waals surface area contributed by atoms with Gasteiger partial charge in [0.1, 0.15) is 11.6 Å². The van der Waals surface area contributed by atoms with Gasteiger partial charge in [-0.2, -0.15) is 9.97 Å². The molecule has 0 saturated heterocycles. The van der Waals surface area contributed by atoms with Crippen LogP contribution < -0.4 is 16.8 Å². The molecule has 1 aromatic heterocycles. The van der Waals surface area contributed by atoms with Crippen molar-refractivity contribution >= 4 is 17.6 Å². The molecule has 0 aliphatic heterocycles. The Kier molecular flexibility index (Phi) is 3.80. The van der Waals surface area contributed by atoms with Gasteiger partial charge in [0.25, 0.3) is 0 Å². The van der Waals surface area contributed by atoms with E-state index in [-0.39, 0.29) is 5.95 Å². The molecule has 1 heterocycles. The number of hydrogen-bond donors (Lipinski definition) is 3. The number of aromatic nitrogens is 2. The Balaban J connectivity index is 1.83. The van der Waals surface area contributed by atoms with Crippen LogP contribution >= 0.6 is 0 Å². The molecule has 0 spiro atoms. The zero-order valence-electron chi connectivity index (χ0n) is 9.95. The van der Waals surface area contributed by atoms with Crippen LogP contribution in [0, 0.1) is 0 Å². The van der Waals surface area contributed by atoms with Crippen LogP contribution in [-0.2, 0) is 0 Å². The summed E-state index contributed by atoms with van der Waals surface area (Å²) in [5.41, 5.74) is 12.7. The molecule has 0 radical (unpaired) electrons. The molecule has 0 bridgehead atoms. The van der Waals surface area contributed by atoms with Gasteiger partial charge in [0.05, 0.1) is 0 Å².